The summed E-state index contributed by atoms with van der Waals surface area (Å²) in [6.45, 7) is 10.6. The normalized spacial score (nSPS) is 12.0. The van der Waals surface area contributed by atoms with Crippen molar-refractivity contribution in [3.8, 4) is 11.5 Å². The number of rotatable bonds is 10. The Morgan fingerprint density at radius 2 is 2.13 bits per heavy atom. The molecule has 0 aliphatic heterocycles. The van der Waals surface area contributed by atoms with E-state index in [4.69, 9.17) is 9.47 Å². The second-order valence-electron chi connectivity index (χ2n) is 5.38. The predicted octanol–water partition coefficient (Wildman–Crippen LogP) is 3.61. The molecule has 1 atom stereocenters. The second-order valence-corrected chi connectivity index (χ2v) is 6.23. The van der Waals surface area contributed by atoms with Crippen LogP contribution in [0, 0.1) is 5.92 Å². The summed E-state index contributed by atoms with van der Waals surface area (Å²) in [5.41, 5.74) is 0.915. The molecular weight excluding hydrogens is 362 g/mol. The molecule has 5 nitrogen and oxygen atoms in total. The maximum absolute atomic E-state index is 11.2. The van der Waals surface area contributed by atoms with Crippen LogP contribution in [0.25, 0.3) is 0 Å². The van der Waals surface area contributed by atoms with Gasteiger partial charge in [0.1, 0.15) is 12.6 Å². The summed E-state index contributed by atoms with van der Waals surface area (Å²) in [6.07, 6.45) is 1.66. The number of ether oxygens (including phenoxy) is 2. The minimum Gasteiger partial charge on any atom is -0.490 e. The molecule has 1 aromatic carbocycles. The molecule has 0 heterocycles. The summed E-state index contributed by atoms with van der Waals surface area (Å²) in [7, 11) is 0. The third kappa shape index (κ3) is 5.88. The van der Waals surface area contributed by atoms with Crippen LogP contribution < -0.4 is 14.8 Å². The van der Waals surface area contributed by atoms with E-state index in [0.29, 0.717) is 31.3 Å². The van der Waals surface area contributed by atoms with E-state index in [-0.39, 0.29) is 5.92 Å². The molecule has 1 aromatic rings. The van der Waals surface area contributed by atoms with Crippen LogP contribution in [-0.4, -0.2) is 30.3 Å². The first-order valence-corrected chi connectivity index (χ1v) is 8.35. The largest absolute Gasteiger partial charge is 0.490 e. The highest BCUT2D eigenvalue weighted by Crippen LogP contribution is 2.37. The Kier molecular flexibility index (Phi) is 8.12. The first kappa shape index (κ1) is 19.5. The first-order chi connectivity index (χ1) is 10.9. The SMILES string of the molecule is C=CCOc1c(Br)cc(CN[C@@H](C(=O)O)C(C)C)cc1OCC. The van der Waals surface area contributed by atoms with E-state index in [9.17, 15) is 9.90 Å². The maximum Gasteiger partial charge on any atom is 0.320 e. The van der Waals surface area contributed by atoms with Gasteiger partial charge >= 0.3 is 5.97 Å². The number of nitrogens with one attached hydrogen (secondary N) is 1. The van der Waals surface area contributed by atoms with E-state index in [1.807, 2.05) is 32.9 Å². The monoisotopic (exact) mass is 385 g/mol. The molecule has 0 aliphatic rings. The lowest BCUT2D eigenvalue weighted by Gasteiger charge is -2.19. The third-order valence-corrected chi connectivity index (χ3v) is 3.76. The number of aliphatic carboxylic acids is 1. The van der Waals surface area contributed by atoms with Gasteiger partial charge in [0.05, 0.1) is 11.1 Å². The molecule has 0 amide bonds. The molecule has 0 bridgehead atoms. The molecule has 23 heavy (non-hydrogen) atoms. The highest BCUT2D eigenvalue weighted by molar-refractivity contribution is 9.10. The van der Waals surface area contributed by atoms with Gasteiger partial charge in [-0.05, 0) is 46.5 Å². The number of carbonyl (C=O) groups is 1. The molecule has 0 saturated heterocycles. The van der Waals surface area contributed by atoms with Crippen LogP contribution in [0.15, 0.2) is 29.3 Å². The fraction of sp³-hybridized carbons (Fsp3) is 0.471. The smallest absolute Gasteiger partial charge is 0.320 e. The fourth-order valence-electron chi connectivity index (χ4n) is 2.10. The van der Waals surface area contributed by atoms with Crippen molar-refractivity contribution in [3.63, 3.8) is 0 Å². The summed E-state index contributed by atoms with van der Waals surface area (Å²) in [5, 5.41) is 12.3. The minimum atomic E-state index is -0.852. The Labute approximate surface area is 145 Å². The molecule has 2 N–H and O–H groups in total. The minimum absolute atomic E-state index is 0.00231. The van der Waals surface area contributed by atoms with Crippen molar-refractivity contribution in [2.24, 2.45) is 5.92 Å². The standard InChI is InChI=1S/C17H24BrNO4/c1-5-7-23-16-13(18)8-12(9-14(16)22-6-2)10-19-15(11(3)4)17(20)21/h5,8-9,11,15,19H,1,6-7,10H2,2-4H3,(H,20,21)/t15-/m1/s1. The topological polar surface area (TPSA) is 67.8 Å². The van der Waals surface area contributed by atoms with Gasteiger partial charge in [0.15, 0.2) is 11.5 Å². The average Bonchev–Trinajstić information content (AvgIpc) is 2.46. The zero-order valence-electron chi connectivity index (χ0n) is 13.8. The van der Waals surface area contributed by atoms with Gasteiger partial charge < -0.3 is 19.9 Å². The van der Waals surface area contributed by atoms with Gasteiger partial charge in [-0.25, -0.2) is 0 Å². The highest BCUT2D eigenvalue weighted by Gasteiger charge is 2.21. The Balaban J connectivity index is 2.95. The van der Waals surface area contributed by atoms with E-state index >= 15 is 0 Å². The molecule has 0 saturated carbocycles. The van der Waals surface area contributed by atoms with Crippen LogP contribution >= 0.6 is 15.9 Å². The Bertz CT molecular complexity index is 546. The van der Waals surface area contributed by atoms with Crippen molar-refractivity contribution >= 4 is 21.9 Å². The van der Waals surface area contributed by atoms with E-state index < -0.39 is 12.0 Å². The van der Waals surface area contributed by atoms with Crippen LogP contribution in [0.2, 0.25) is 0 Å². The molecule has 6 heteroatoms. The number of hydrogen-bond acceptors (Lipinski definition) is 4. The zero-order valence-corrected chi connectivity index (χ0v) is 15.4. The van der Waals surface area contributed by atoms with Gasteiger partial charge in [0.2, 0.25) is 0 Å². The quantitative estimate of drug-likeness (QED) is 0.602. The van der Waals surface area contributed by atoms with Crippen molar-refractivity contribution in [1.82, 2.24) is 5.32 Å². The molecular formula is C17H24BrNO4. The number of carboxylic acids is 1. The number of hydrogen-bond donors (Lipinski definition) is 2. The van der Waals surface area contributed by atoms with E-state index in [1.54, 1.807) is 6.08 Å². The van der Waals surface area contributed by atoms with Crippen LogP contribution in [0.5, 0.6) is 11.5 Å². The van der Waals surface area contributed by atoms with Crippen molar-refractivity contribution in [2.75, 3.05) is 13.2 Å². The maximum atomic E-state index is 11.2. The predicted molar refractivity (Wildman–Crippen MR) is 94.1 cm³/mol. The Morgan fingerprint density at radius 3 is 2.65 bits per heavy atom. The van der Waals surface area contributed by atoms with Crippen molar-refractivity contribution in [2.45, 2.75) is 33.4 Å². The number of benzene rings is 1. The average molecular weight is 386 g/mol. The summed E-state index contributed by atoms with van der Waals surface area (Å²) >= 11 is 3.48. The van der Waals surface area contributed by atoms with E-state index in [2.05, 4.69) is 27.8 Å². The van der Waals surface area contributed by atoms with Gasteiger partial charge in [-0.3, -0.25) is 4.79 Å². The molecule has 0 spiro atoms. The summed E-state index contributed by atoms with van der Waals surface area (Å²) in [4.78, 5) is 11.2. The molecule has 0 aliphatic carbocycles. The lowest BCUT2D eigenvalue weighted by atomic mass is 10.0. The van der Waals surface area contributed by atoms with Crippen molar-refractivity contribution < 1.29 is 19.4 Å². The van der Waals surface area contributed by atoms with Crippen molar-refractivity contribution in [1.29, 1.82) is 0 Å². The summed E-state index contributed by atoms with van der Waals surface area (Å²) in [5.74, 6) is 0.388. The summed E-state index contributed by atoms with van der Waals surface area (Å²) in [6, 6.07) is 3.16. The molecule has 0 fully saturated rings. The van der Waals surface area contributed by atoms with Gasteiger partial charge in [-0.2, -0.15) is 0 Å². The van der Waals surface area contributed by atoms with E-state index in [1.165, 1.54) is 0 Å². The highest BCUT2D eigenvalue weighted by atomic mass is 79.9. The van der Waals surface area contributed by atoms with Gasteiger partial charge in [-0.1, -0.05) is 26.5 Å². The van der Waals surface area contributed by atoms with Crippen LogP contribution in [0.3, 0.4) is 0 Å². The Hall–Kier alpha value is -1.53. The van der Waals surface area contributed by atoms with Crippen LogP contribution in [-0.2, 0) is 11.3 Å². The van der Waals surface area contributed by atoms with Gasteiger partial charge in [-0.15, -0.1) is 0 Å². The molecule has 0 unspecified atom stereocenters. The second kappa shape index (κ2) is 9.57. The van der Waals surface area contributed by atoms with Crippen LogP contribution in [0.4, 0.5) is 0 Å². The number of carboxylic acid groups (broad SMARTS) is 1. The van der Waals surface area contributed by atoms with Gasteiger partial charge in [0.25, 0.3) is 0 Å². The molecule has 1 rings (SSSR count). The lowest BCUT2D eigenvalue weighted by molar-refractivity contribution is -0.140. The zero-order chi connectivity index (χ0) is 17.4. The van der Waals surface area contributed by atoms with Crippen molar-refractivity contribution in [3.05, 3.63) is 34.8 Å². The fourth-order valence-corrected chi connectivity index (χ4v) is 2.71. The van der Waals surface area contributed by atoms with Crippen LogP contribution in [0.1, 0.15) is 26.3 Å². The molecule has 0 radical (unpaired) electrons. The Morgan fingerprint density at radius 1 is 1.43 bits per heavy atom. The van der Waals surface area contributed by atoms with Gasteiger partial charge in [0, 0.05) is 6.54 Å². The van der Waals surface area contributed by atoms with E-state index in [0.717, 1.165) is 10.0 Å². The first-order valence-electron chi connectivity index (χ1n) is 7.55. The lowest BCUT2D eigenvalue weighted by Crippen LogP contribution is -2.40. The number of halogens is 1. The summed E-state index contributed by atoms with van der Waals surface area (Å²) < 4.78 is 12.0. The molecule has 128 valence electrons. The third-order valence-electron chi connectivity index (χ3n) is 3.17. The molecule has 0 aromatic heterocycles.